The van der Waals surface area contributed by atoms with Crippen LogP contribution < -0.4 is 4.43 Å². The normalized spacial score (nSPS) is 10.2. The molecule has 0 nitrogen and oxygen atoms in total. The number of hydrogen-bond donors (Lipinski definition) is 0. The minimum absolute atomic E-state index is 1.41. The zero-order valence-corrected chi connectivity index (χ0v) is 9.20. The fourth-order valence-corrected chi connectivity index (χ4v) is 1.86. The van der Waals surface area contributed by atoms with E-state index in [4.69, 9.17) is 0 Å². The molecule has 0 aliphatic rings. The molecule has 0 atom stereocenters. The van der Waals surface area contributed by atoms with Gasteiger partial charge in [-0.1, -0.05) is 17.2 Å². The standard InChI is InChI=1S/C10H13.Al.H/c1-7-5-9(3)10(4)6-8(7)2;;/h5H,1-4H3;;. The highest BCUT2D eigenvalue weighted by molar-refractivity contribution is 6.34. The topological polar surface area (TPSA) is 0 Å². The fourth-order valence-electron chi connectivity index (χ4n) is 1.30. The predicted octanol–water partition coefficient (Wildman–Crippen LogP) is 1.45. The highest BCUT2D eigenvalue weighted by Crippen LogP contribution is 2.10. The fraction of sp³-hybridized carbons (Fsp3) is 0.400. The van der Waals surface area contributed by atoms with E-state index in [9.17, 15) is 0 Å². The van der Waals surface area contributed by atoms with Gasteiger partial charge in [-0.25, -0.2) is 0 Å². The Kier molecular flexibility index (Phi) is 2.42. The van der Waals surface area contributed by atoms with Gasteiger partial charge in [0.15, 0.2) is 0 Å². The lowest BCUT2D eigenvalue weighted by atomic mass is 10.0. The van der Waals surface area contributed by atoms with Crippen molar-refractivity contribution in [2.24, 2.45) is 0 Å². The van der Waals surface area contributed by atoms with E-state index in [0.717, 1.165) is 0 Å². The Morgan fingerprint density at radius 1 is 0.909 bits per heavy atom. The molecule has 0 fully saturated rings. The van der Waals surface area contributed by atoms with Gasteiger partial charge in [0.2, 0.25) is 16.3 Å². The molecule has 11 heavy (non-hydrogen) atoms. The molecule has 0 aliphatic carbocycles. The summed E-state index contributed by atoms with van der Waals surface area (Å²) in [7, 11) is 0. The highest BCUT2D eigenvalue weighted by Gasteiger charge is 2.01. The van der Waals surface area contributed by atoms with Gasteiger partial charge < -0.3 is 0 Å². The Morgan fingerprint density at radius 3 is 1.64 bits per heavy atom. The summed E-state index contributed by atoms with van der Waals surface area (Å²) in [6.07, 6.45) is 0. The first-order valence-corrected chi connectivity index (χ1v) is 4.64. The summed E-state index contributed by atoms with van der Waals surface area (Å²) in [5.74, 6) is 0. The molecule has 1 heteroatoms. The van der Waals surface area contributed by atoms with Crippen molar-refractivity contribution >= 4 is 20.7 Å². The molecule has 0 saturated heterocycles. The van der Waals surface area contributed by atoms with Gasteiger partial charge in [0.1, 0.15) is 0 Å². The Bertz CT molecular complexity index is 261. The summed E-state index contributed by atoms with van der Waals surface area (Å²) in [6.45, 7) is 8.76. The molecule has 0 amide bonds. The molecule has 1 rings (SSSR count). The lowest BCUT2D eigenvalue weighted by molar-refractivity contribution is 1.27. The molecule has 0 aliphatic heterocycles. The molecule has 1 radical (unpaired) electrons. The van der Waals surface area contributed by atoms with E-state index in [1.165, 1.54) is 26.7 Å². The molecule has 0 bridgehead atoms. The maximum absolute atomic E-state index is 2.27. The first-order chi connectivity index (χ1) is 5.04. The molecule has 0 N–H and O–H groups in total. The maximum atomic E-state index is 2.27. The smallest absolute Gasteiger partial charge is 0.123 e. The van der Waals surface area contributed by atoms with Gasteiger partial charge in [-0.2, -0.15) is 0 Å². The number of hydrogen-bond acceptors (Lipinski definition) is 0. The first kappa shape index (κ1) is 8.85. The maximum Gasteiger partial charge on any atom is 0.224 e. The van der Waals surface area contributed by atoms with Gasteiger partial charge in [-0.15, -0.1) is 4.43 Å². The van der Waals surface area contributed by atoms with E-state index < -0.39 is 0 Å². The van der Waals surface area contributed by atoms with Gasteiger partial charge >= 0.3 is 0 Å². The lowest BCUT2D eigenvalue weighted by Crippen LogP contribution is -2.14. The summed E-state index contributed by atoms with van der Waals surface area (Å²) in [5, 5.41) is 0. The van der Waals surface area contributed by atoms with Crippen molar-refractivity contribution in [1.82, 2.24) is 0 Å². The van der Waals surface area contributed by atoms with E-state index in [-0.39, 0.29) is 0 Å². The van der Waals surface area contributed by atoms with Gasteiger partial charge in [0.05, 0.1) is 0 Å². The van der Waals surface area contributed by atoms with E-state index >= 15 is 0 Å². The SMILES string of the molecule is Cc1cc(C)c(C)[c]([AlH])c1C. The molecule has 0 spiro atoms. The summed E-state index contributed by atoms with van der Waals surface area (Å²) >= 11 is 1.99. The Labute approximate surface area is 77.1 Å². The second kappa shape index (κ2) is 3.01. The second-order valence-electron chi connectivity index (χ2n) is 3.24. The lowest BCUT2D eigenvalue weighted by Gasteiger charge is -2.11. The van der Waals surface area contributed by atoms with E-state index in [0.29, 0.717) is 0 Å². The zero-order chi connectivity index (χ0) is 8.59. The monoisotopic (exact) mass is 161 g/mol. The van der Waals surface area contributed by atoms with Crippen LogP contribution in [0.15, 0.2) is 6.07 Å². The van der Waals surface area contributed by atoms with E-state index in [2.05, 4.69) is 33.8 Å². The number of aryl methyl sites for hydroxylation is 2. The Balaban J connectivity index is 3.46. The summed E-state index contributed by atoms with van der Waals surface area (Å²) in [6, 6.07) is 2.27. The summed E-state index contributed by atoms with van der Waals surface area (Å²) < 4.78 is 1.47. The largest absolute Gasteiger partial charge is 0.224 e. The van der Waals surface area contributed by atoms with Crippen LogP contribution in [0.2, 0.25) is 0 Å². The van der Waals surface area contributed by atoms with E-state index in [1.54, 1.807) is 0 Å². The third kappa shape index (κ3) is 1.50. The molecular weight excluding hydrogens is 147 g/mol. The van der Waals surface area contributed by atoms with Crippen LogP contribution in [0.3, 0.4) is 0 Å². The molecule has 0 saturated carbocycles. The first-order valence-electron chi connectivity index (χ1n) is 3.93. The van der Waals surface area contributed by atoms with Crippen molar-refractivity contribution in [2.45, 2.75) is 27.7 Å². The van der Waals surface area contributed by atoms with Crippen LogP contribution in [-0.4, -0.2) is 16.3 Å². The Hall–Kier alpha value is -0.248. The zero-order valence-electron chi connectivity index (χ0n) is 7.78. The van der Waals surface area contributed by atoms with Crippen molar-refractivity contribution in [2.75, 3.05) is 0 Å². The molecule has 0 heterocycles. The van der Waals surface area contributed by atoms with Crippen molar-refractivity contribution in [3.05, 3.63) is 28.3 Å². The van der Waals surface area contributed by atoms with E-state index in [1.807, 2.05) is 16.3 Å². The van der Waals surface area contributed by atoms with Gasteiger partial charge in [-0.05, 0) is 38.8 Å². The van der Waals surface area contributed by atoms with Crippen LogP contribution in [0.4, 0.5) is 0 Å². The van der Waals surface area contributed by atoms with Crippen molar-refractivity contribution in [1.29, 1.82) is 0 Å². The van der Waals surface area contributed by atoms with Crippen LogP contribution in [0.25, 0.3) is 0 Å². The van der Waals surface area contributed by atoms with Crippen LogP contribution in [0.5, 0.6) is 0 Å². The number of benzene rings is 1. The molecule has 1 aromatic rings. The van der Waals surface area contributed by atoms with Crippen molar-refractivity contribution in [3.8, 4) is 0 Å². The van der Waals surface area contributed by atoms with Crippen LogP contribution in [0, 0.1) is 27.7 Å². The van der Waals surface area contributed by atoms with Crippen LogP contribution in [0.1, 0.15) is 22.3 Å². The minimum atomic E-state index is 1.41. The van der Waals surface area contributed by atoms with Gasteiger partial charge in [0.25, 0.3) is 0 Å². The molecule has 1 aromatic carbocycles. The summed E-state index contributed by atoms with van der Waals surface area (Å²) in [5.41, 5.74) is 5.73. The van der Waals surface area contributed by atoms with Crippen molar-refractivity contribution < 1.29 is 0 Å². The molecule has 0 aromatic heterocycles. The van der Waals surface area contributed by atoms with Gasteiger partial charge in [0, 0.05) is 0 Å². The third-order valence-corrected chi connectivity index (χ3v) is 3.58. The predicted molar refractivity (Wildman–Crippen MR) is 52.2 cm³/mol. The van der Waals surface area contributed by atoms with Crippen LogP contribution >= 0.6 is 0 Å². The number of rotatable bonds is 0. The van der Waals surface area contributed by atoms with Crippen molar-refractivity contribution in [3.63, 3.8) is 0 Å². The molecule has 57 valence electrons. The van der Waals surface area contributed by atoms with Crippen LogP contribution in [-0.2, 0) is 0 Å². The second-order valence-corrected chi connectivity index (χ2v) is 3.95. The average Bonchev–Trinajstić information content (AvgIpc) is 1.97. The minimum Gasteiger partial charge on any atom is -0.123 e. The quantitative estimate of drug-likeness (QED) is 0.505. The average molecular weight is 161 g/mol. The molecule has 0 unspecified atom stereocenters. The Morgan fingerprint density at radius 2 is 1.27 bits per heavy atom. The highest BCUT2D eigenvalue weighted by atomic mass is 27.0. The summed E-state index contributed by atoms with van der Waals surface area (Å²) in [4.78, 5) is 0. The molecular formula is C10H14Al. The third-order valence-electron chi connectivity index (χ3n) is 2.52. The van der Waals surface area contributed by atoms with Gasteiger partial charge in [-0.3, -0.25) is 0 Å².